The highest BCUT2D eigenvalue weighted by Gasteiger charge is 2.09. The number of carbonyl (C=O) groups is 2. The molecular formula is C20H29N3O2. The first-order valence-electron chi connectivity index (χ1n) is 9.05. The second-order valence-electron chi connectivity index (χ2n) is 6.75. The number of hydrogen-bond donors (Lipinski definition) is 2. The van der Waals surface area contributed by atoms with E-state index in [1.165, 1.54) is 24.8 Å². The van der Waals surface area contributed by atoms with Crippen molar-refractivity contribution in [2.75, 3.05) is 33.7 Å². The number of amides is 2. The van der Waals surface area contributed by atoms with Crippen molar-refractivity contribution in [2.45, 2.75) is 32.1 Å². The van der Waals surface area contributed by atoms with Gasteiger partial charge < -0.3 is 15.5 Å². The Morgan fingerprint density at radius 2 is 1.56 bits per heavy atom. The van der Waals surface area contributed by atoms with E-state index in [9.17, 15) is 9.59 Å². The lowest BCUT2D eigenvalue weighted by Crippen LogP contribution is -2.31. The number of likely N-dealkylation sites (N-methyl/N-ethyl adjacent to an activating group) is 1. The summed E-state index contributed by atoms with van der Waals surface area (Å²) in [6, 6.07) is 6.80. The van der Waals surface area contributed by atoms with Crippen molar-refractivity contribution in [1.29, 1.82) is 0 Å². The topological polar surface area (TPSA) is 61.4 Å². The molecule has 25 heavy (non-hydrogen) atoms. The first-order chi connectivity index (χ1) is 12.1. The average Bonchev–Trinajstić information content (AvgIpc) is 2.62. The monoisotopic (exact) mass is 343 g/mol. The lowest BCUT2D eigenvalue weighted by Gasteiger charge is -2.13. The summed E-state index contributed by atoms with van der Waals surface area (Å²) in [4.78, 5) is 26.2. The summed E-state index contributed by atoms with van der Waals surface area (Å²) in [6.45, 7) is 2.06. The fourth-order valence-corrected chi connectivity index (χ4v) is 2.84. The third kappa shape index (κ3) is 6.70. The minimum atomic E-state index is -0.113. The molecule has 2 rings (SSSR count). The van der Waals surface area contributed by atoms with Crippen LogP contribution in [0.3, 0.4) is 0 Å². The Balaban J connectivity index is 1.77. The minimum absolute atomic E-state index is 0.0871. The molecule has 136 valence electrons. The van der Waals surface area contributed by atoms with E-state index in [4.69, 9.17) is 0 Å². The van der Waals surface area contributed by atoms with Gasteiger partial charge in [-0.3, -0.25) is 9.59 Å². The normalized spacial score (nSPS) is 14.1. The van der Waals surface area contributed by atoms with Crippen LogP contribution in [0.4, 0.5) is 0 Å². The summed E-state index contributed by atoms with van der Waals surface area (Å²) in [6.07, 6.45) is 8.11. The van der Waals surface area contributed by atoms with E-state index in [1.54, 1.807) is 24.3 Å². The quantitative estimate of drug-likeness (QED) is 0.713. The largest absolute Gasteiger partial charge is 0.352 e. The molecule has 1 aromatic rings. The van der Waals surface area contributed by atoms with Gasteiger partial charge in [-0.15, -0.1) is 0 Å². The van der Waals surface area contributed by atoms with Gasteiger partial charge in [0.2, 0.25) is 0 Å². The van der Waals surface area contributed by atoms with Crippen LogP contribution in [0.5, 0.6) is 0 Å². The van der Waals surface area contributed by atoms with Crippen LogP contribution in [-0.2, 0) is 0 Å². The summed E-state index contributed by atoms with van der Waals surface area (Å²) in [5, 5.41) is 5.82. The van der Waals surface area contributed by atoms with Gasteiger partial charge in [0.15, 0.2) is 0 Å². The molecule has 0 aromatic heterocycles. The van der Waals surface area contributed by atoms with Crippen LogP contribution in [0.1, 0.15) is 52.8 Å². The summed E-state index contributed by atoms with van der Waals surface area (Å²) in [5.74, 6) is -0.200. The smallest absolute Gasteiger partial charge is 0.251 e. The van der Waals surface area contributed by atoms with Crippen molar-refractivity contribution in [1.82, 2.24) is 15.5 Å². The van der Waals surface area contributed by atoms with E-state index in [0.29, 0.717) is 24.2 Å². The Bertz CT molecular complexity index is 606. The van der Waals surface area contributed by atoms with Crippen LogP contribution in [0.15, 0.2) is 35.9 Å². The van der Waals surface area contributed by atoms with Gasteiger partial charge in [0.05, 0.1) is 0 Å². The van der Waals surface area contributed by atoms with E-state index in [1.807, 2.05) is 19.0 Å². The number of carbonyl (C=O) groups excluding carboxylic acids is 2. The average molecular weight is 343 g/mol. The molecule has 1 aliphatic rings. The number of benzene rings is 1. The zero-order valence-corrected chi connectivity index (χ0v) is 15.3. The van der Waals surface area contributed by atoms with E-state index in [0.717, 1.165) is 19.4 Å². The Hall–Kier alpha value is -2.14. The van der Waals surface area contributed by atoms with Gasteiger partial charge in [-0.2, -0.15) is 0 Å². The van der Waals surface area contributed by atoms with E-state index in [2.05, 4.69) is 16.7 Å². The SMILES string of the molecule is CN(C)CCNC(=O)c1ccc(C(=O)NCCC2=CCCCC2)cc1. The molecule has 1 aromatic carbocycles. The molecule has 5 nitrogen and oxygen atoms in total. The molecule has 0 saturated carbocycles. The molecule has 1 aliphatic carbocycles. The van der Waals surface area contributed by atoms with Crippen molar-refractivity contribution >= 4 is 11.8 Å². The van der Waals surface area contributed by atoms with Crippen LogP contribution in [0.2, 0.25) is 0 Å². The van der Waals surface area contributed by atoms with E-state index >= 15 is 0 Å². The van der Waals surface area contributed by atoms with Gasteiger partial charge in [0, 0.05) is 30.8 Å². The molecule has 0 unspecified atom stereocenters. The fraction of sp³-hybridized carbons (Fsp3) is 0.500. The van der Waals surface area contributed by atoms with Crippen molar-refractivity contribution in [3.8, 4) is 0 Å². The lowest BCUT2D eigenvalue weighted by atomic mass is 9.97. The molecule has 0 spiro atoms. The molecule has 0 fully saturated rings. The van der Waals surface area contributed by atoms with Gasteiger partial charge in [0.25, 0.3) is 11.8 Å². The zero-order valence-electron chi connectivity index (χ0n) is 15.3. The third-order valence-corrected chi connectivity index (χ3v) is 4.37. The second kappa shape index (κ2) is 9.99. The molecule has 0 heterocycles. The summed E-state index contributed by atoms with van der Waals surface area (Å²) in [5.41, 5.74) is 2.61. The number of hydrogen-bond acceptors (Lipinski definition) is 3. The lowest BCUT2D eigenvalue weighted by molar-refractivity contribution is 0.0940. The molecule has 0 atom stereocenters. The van der Waals surface area contributed by atoms with Gasteiger partial charge in [-0.05, 0) is 70.5 Å². The van der Waals surface area contributed by atoms with Crippen LogP contribution in [-0.4, -0.2) is 50.4 Å². The van der Waals surface area contributed by atoms with Crippen molar-refractivity contribution in [3.05, 3.63) is 47.0 Å². The van der Waals surface area contributed by atoms with Gasteiger partial charge in [-0.1, -0.05) is 11.6 Å². The Labute approximate surface area is 150 Å². The van der Waals surface area contributed by atoms with Gasteiger partial charge in [-0.25, -0.2) is 0 Å². The van der Waals surface area contributed by atoms with Gasteiger partial charge in [0.1, 0.15) is 0 Å². The second-order valence-corrected chi connectivity index (χ2v) is 6.75. The molecule has 2 amide bonds. The first-order valence-corrected chi connectivity index (χ1v) is 9.05. The van der Waals surface area contributed by atoms with Gasteiger partial charge >= 0.3 is 0 Å². The molecule has 5 heteroatoms. The maximum absolute atomic E-state index is 12.2. The molecule has 2 N–H and O–H groups in total. The maximum Gasteiger partial charge on any atom is 0.251 e. The number of allylic oxidation sites excluding steroid dienone is 1. The van der Waals surface area contributed by atoms with Crippen LogP contribution >= 0.6 is 0 Å². The van der Waals surface area contributed by atoms with Crippen LogP contribution < -0.4 is 10.6 Å². The highest BCUT2D eigenvalue weighted by Crippen LogP contribution is 2.19. The van der Waals surface area contributed by atoms with E-state index in [-0.39, 0.29) is 11.8 Å². The van der Waals surface area contributed by atoms with Crippen molar-refractivity contribution < 1.29 is 9.59 Å². The zero-order chi connectivity index (χ0) is 18.1. The maximum atomic E-state index is 12.2. The van der Waals surface area contributed by atoms with Crippen molar-refractivity contribution in [2.24, 2.45) is 0 Å². The number of nitrogens with one attached hydrogen (secondary N) is 2. The minimum Gasteiger partial charge on any atom is -0.352 e. The summed E-state index contributed by atoms with van der Waals surface area (Å²) < 4.78 is 0. The molecular weight excluding hydrogens is 314 g/mol. The van der Waals surface area contributed by atoms with Crippen molar-refractivity contribution in [3.63, 3.8) is 0 Å². The number of nitrogens with zero attached hydrogens (tertiary/aromatic N) is 1. The highest BCUT2D eigenvalue weighted by atomic mass is 16.2. The standard InChI is InChI=1S/C20H29N3O2/c1-23(2)15-14-22-20(25)18-10-8-17(9-11-18)19(24)21-13-12-16-6-4-3-5-7-16/h6,8-11H,3-5,7,12-15H2,1-2H3,(H,21,24)(H,22,25). The highest BCUT2D eigenvalue weighted by molar-refractivity contribution is 5.97. The summed E-state index contributed by atoms with van der Waals surface area (Å²) >= 11 is 0. The predicted molar refractivity (Wildman–Crippen MR) is 101 cm³/mol. The molecule has 0 bridgehead atoms. The molecule has 0 aliphatic heterocycles. The summed E-state index contributed by atoms with van der Waals surface area (Å²) in [7, 11) is 3.93. The number of rotatable bonds is 8. The molecule has 0 radical (unpaired) electrons. The Kier molecular flexibility index (Phi) is 7.67. The fourth-order valence-electron chi connectivity index (χ4n) is 2.84. The Morgan fingerprint density at radius 3 is 2.08 bits per heavy atom. The van der Waals surface area contributed by atoms with Crippen LogP contribution in [0, 0.1) is 0 Å². The van der Waals surface area contributed by atoms with E-state index < -0.39 is 0 Å². The predicted octanol–water partition coefficient (Wildman–Crippen LogP) is 2.60. The Morgan fingerprint density at radius 1 is 0.960 bits per heavy atom. The van der Waals surface area contributed by atoms with Crippen LogP contribution in [0.25, 0.3) is 0 Å². The third-order valence-electron chi connectivity index (χ3n) is 4.37. The first kappa shape index (κ1) is 19.2. The molecule has 0 saturated heterocycles.